The molecule has 0 amide bonds. The first kappa shape index (κ1) is 23.8. The maximum Gasteiger partial charge on any atom is 0.408 e. The van der Waals surface area contributed by atoms with Gasteiger partial charge in [0.1, 0.15) is 17.5 Å². The normalized spacial score (nSPS) is 18.5. The van der Waals surface area contributed by atoms with Crippen LogP contribution in [0.5, 0.6) is 0 Å². The smallest absolute Gasteiger partial charge is 0.343 e. The van der Waals surface area contributed by atoms with E-state index >= 15 is 0 Å². The van der Waals surface area contributed by atoms with Gasteiger partial charge in [-0.3, -0.25) is 0 Å². The molecule has 0 aliphatic heterocycles. The molecular formula is C16H16F9N5. The number of aromatic nitrogens is 3. The molecule has 2 atom stereocenters. The fourth-order valence-electron chi connectivity index (χ4n) is 2.30. The number of anilines is 2. The highest BCUT2D eigenvalue weighted by atomic mass is 19.4. The van der Waals surface area contributed by atoms with Gasteiger partial charge in [0.15, 0.2) is 0 Å². The molecule has 1 heterocycles. The summed E-state index contributed by atoms with van der Waals surface area (Å²) in [4.78, 5) is 10.4. The van der Waals surface area contributed by atoms with Gasteiger partial charge < -0.3 is 10.6 Å². The fourth-order valence-corrected chi connectivity index (χ4v) is 2.30. The lowest BCUT2D eigenvalue weighted by Crippen LogP contribution is -2.42. The van der Waals surface area contributed by atoms with Gasteiger partial charge in [0.2, 0.25) is 17.7 Å². The van der Waals surface area contributed by atoms with Crippen molar-refractivity contribution in [1.82, 2.24) is 15.0 Å². The zero-order valence-corrected chi connectivity index (χ0v) is 15.5. The Kier molecular flexibility index (Phi) is 6.34. The summed E-state index contributed by atoms with van der Waals surface area (Å²) in [6.07, 6.45) is -14.4. The van der Waals surface area contributed by atoms with Crippen LogP contribution in [0.1, 0.15) is 38.9 Å². The van der Waals surface area contributed by atoms with Crippen molar-refractivity contribution in [3.63, 3.8) is 0 Å². The van der Waals surface area contributed by atoms with Crippen LogP contribution in [0.15, 0.2) is 0 Å². The molecule has 0 unspecified atom stereocenters. The first-order chi connectivity index (χ1) is 13.5. The van der Waals surface area contributed by atoms with Gasteiger partial charge in [-0.15, -0.1) is 0 Å². The molecule has 30 heavy (non-hydrogen) atoms. The number of nitrogens with zero attached hydrogens (tertiary/aromatic N) is 3. The molecule has 0 aromatic carbocycles. The molecule has 1 saturated carbocycles. The van der Waals surface area contributed by atoms with Crippen LogP contribution in [0.4, 0.5) is 51.4 Å². The van der Waals surface area contributed by atoms with E-state index in [0.717, 1.165) is 0 Å². The summed E-state index contributed by atoms with van der Waals surface area (Å²) in [5, 5.41) is 3.66. The van der Waals surface area contributed by atoms with Gasteiger partial charge in [-0.25, -0.2) is 0 Å². The Bertz CT molecular complexity index is 775. The van der Waals surface area contributed by atoms with Gasteiger partial charge in [-0.1, -0.05) is 5.92 Å². The Morgan fingerprint density at radius 2 is 1.23 bits per heavy atom. The Labute approximate surface area is 164 Å². The monoisotopic (exact) mass is 449 g/mol. The van der Waals surface area contributed by atoms with E-state index in [-0.39, 0.29) is 19.3 Å². The lowest BCUT2D eigenvalue weighted by atomic mass is 9.69. The standard InChI is InChI=1S/C16H16F9N5/c1-8(14(17,18)19)26-11-28-10(4-7-13(5-3-6-13)16(23,24)25)29-12(30-11)27-9(2)15(20,21)22/h8-9H,3,5-6H2,1-2H3,(H2,26,27,28,29,30)/t8-,9-/m1/s1. The van der Waals surface area contributed by atoms with Crippen molar-refractivity contribution in [3.05, 3.63) is 5.82 Å². The van der Waals surface area contributed by atoms with Gasteiger partial charge in [-0.2, -0.15) is 54.5 Å². The zero-order chi connectivity index (χ0) is 23.0. The maximum atomic E-state index is 13.2. The Hall–Kier alpha value is -2.46. The fraction of sp³-hybridized carbons (Fsp3) is 0.688. The minimum atomic E-state index is -4.74. The Morgan fingerprint density at radius 3 is 1.53 bits per heavy atom. The van der Waals surface area contributed by atoms with Crippen LogP contribution in [0.2, 0.25) is 0 Å². The number of halogens is 9. The summed E-state index contributed by atoms with van der Waals surface area (Å²) in [6.45, 7) is 1.40. The number of nitrogens with one attached hydrogen (secondary N) is 2. The molecule has 1 fully saturated rings. The highest BCUT2D eigenvalue weighted by Gasteiger charge is 2.57. The molecule has 2 N–H and O–H groups in total. The largest absolute Gasteiger partial charge is 0.408 e. The van der Waals surface area contributed by atoms with E-state index < -0.39 is 53.7 Å². The highest BCUT2D eigenvalue weighted by Crippen LogP contribution is 2.52. The van der Waals surface area contributed by atoms with E-state index in [1.165, 1.54) is 0 Å². The predicted octanol–water partition coefficient (Wildman–Crippen LogP) is 4.68. The molecule has 0 bridgehead atoms. The van der Waals surface area contributed by atoms with E-state index in [0.29, 0.717) is 13.8 Å². The third-order valence-corrected chi connectivity index (χ3v) is 4.47. The highest BCUT2D eigenvalue weighted by molar-refractivity contribution is 5.40. The van der Waals surface area contributed by atoms with Gasteiger partial charge >= 0.3 is 18.5 Å². The average Bonchev–Trinajstić information content (AvgIpc) is 2.50. The van der Waals surface area contributed by atoms with E-state index in [1.807, 2.05) is 22.5 Å². The molecule has 2 rings (SSSR count). The Morgan fingerprint density at radius 1 is 0.800 bits per heavy atom. The zero-order valence-electron chi connectivity index (χ0n) is 15.5. The molecule has 14 heteroatoms. The van der Waals surface area contributed by atoms with E-state index in [4.69, 9.17) is 0 Å². The maximum absolute atomic E-state index is 13.2. The topological polar surface area (TPSA) is 62.7 Å². The third kappa shape index (κ3) is 5.57. The second-order valence-electron chi connectivity index (χ2n) is 6.80. The summed E-state index contributed by atoms with van der Waals surface area (Å²) in [5.74, 6) is 1.73. The van der Waals surface area contributed by atoms with Crippen LogP contribution in [0.3, 0.4) is 0 Å². The Balaban J connectivity index is 2.40. The predicted molar refractivity (Wildman–Crippen MR) is 87.3 cm³/mol. The first-order valence-electron chi connectivity index (χ1n) is 8.56. The van der Waals surface area contributed by atoms with Crippen LogP contribution < -0.4 is 10.6 Å². The molecule has 1 aromatic rings. The van der Waals surface area contributed by atoms with E-state index in [1.54, 1.807) is 0 Å². The number of alkyl halides is 9. The molecule has 1 aliphatic carbocycles. The second kappa shape index (κ2) is 7.99. The second-order valence-corrected chi connectivity index (χ2v) is 6.80. The number of rotatable bonds is 4. The third-order valence-electron chi connectivity index (χ3n) is 4.47. The minimum absolute atomic E-state index is 0.275. The summed E-state index contributed by atoms with van der Waals surface area (Å²) in [5.41, 5.74) is -2.31. The van der Waals surface area contributed by atoms with Crippen LogP contribution >= 0.6 is 0 Å². The van der Waals surface area contributed by atoms with Crippen LogP contribution in [0, 0.1) is 17.3 Å². The van der Waals surface area contributed by atoms with Crippen molar-refractivity contribution >= 4 is 11.9 Å². The minimum Gasteiger partial charge on any atom is -0.343 e. The van der Waals surface area contributed by atoms with Crippen LogP contribution in [-0.4, -0.2) is 45.6 Å². The van der Waals surface area contributed by atoms with Gasteiger partial charge in [0.25, 0.3) is 0 Å². The van der Waals surface area contributed by atoms with Crippen molar-refractivity contribution in [2.45, 2.75) is 63.7 Å². The van der Waals surface area contributed by atoms with Crippen molar-refractivity contribution in [1.29, 1.82) is 0 Å². The van der Waals surface area contributed by atoms with Crippen molar-refractivity contribution in [2.75, 3.05) is 10.6 Å². The van der Waals surface area contributed by atoms with Crippen molar-refractivity contribution in [3.8, 4) is 11.8 Å². The molecule has 0 spiro atoms. The quantitative estimate of drug-likeness (QED) is 0.517. The van der Waals surface area contributed by atoms with Crippen LogP contribution in [0.25, 0.3) is 0 Å². The summed E-state index contributed by atoms with van der Waals surface area (Å²) in [7, 11) is 0. The number of hydrogen-bond donors (Lipinski definition) is 2. The molecule has 1 aromatic heterocycles. The summed E-state index contributed by atoms with van der Waals surface area (Å²) >= 11 is 0. The lowest BCUT2D eigenvalue weighted by molar-refractivity contribution is -0.225. The molecule has 168 valence electrons. The molecule has 5 nitrogen and oxygen atoms in total. The number of hydrogen-bond acceptors (Lipinski definition) is 5. The van der Waals surface area contributed by atoms with Crippen LogP contribution in [-0.2, 0) is 0 Å². The van der Waals surface area contributed by atoms with Gasteiger partial charge in [0.05, 0.1) is 0 Å². The summed E-state index contributed by atoms with van der Waals surface area (Å²) < 4.78 is 116. The lowest BCUT2D eigenvalue weighted by Gasteiger charge is -2.38. The SMILES string of the molecule is C[C@@H](Nc1nc(C#CC2(C(F)(F)F)CCC2)nc(N[C@H](C)C(F)(F)F)n1)C(F)(F)F. The van der Waals surface area contributed by atoms with E-state index in [9.17, 15) is 39.5 Å². The summed E-state index contributed by atoms with van der Waals surface area (Å²) in [6, 6.07) is -4.39. The van der Waals surface area contributed by atoms with E-state index in [2.05, 4.69) is 15.0 Å². The first-order valence-corrected chi connectivity index (χ1v) is 8.56. The van der Waals surface area contributed by atoms with Gasteiger partial charge in [0, 0.05) is 0 Å². The van der Waals surface area contributed by atoms with Crippen molar-refractivity contribution in [2.24, 2.45) is 5.41 Å². The average molecular weight is 449 g/mol. The van der Waals surface area contributed by atoms with Crippen molar-refractivity contribution < 1.29 is 39.5 Å². The molecule has 0 radical (unpaired) electrons. The van der Waals surface area contributed by atoms with Gasteiger partial charge in [-0.05, 0) is 39.0 Å². The molecule has 1 aliphatic rings. The molecule has 0 saturated heterocycles. The molecular weight excluding hydrogens is 433 g/mol.